The van der Waals surface area contributed by atoms with Gasteiger partial charge in [0.2, 0.25) is 0 Å². The summed E-state index contributed by atoms with van der Waals surface area (Å²) in [4.78, 5) is 22.3. The lowest BCUT2D eigenvalue weighted by Crippen LogP contribution is -2.11. The van der Waals surface area contributed by atoms with E-state index in [-0.39, 0.29) is 22.6 Å². The second-order valence-corrected chi connectivity index (χ2v) is 7.96. The highest BCUT2D eigenvalue weighted by Gasteiger charge is 2.16. The minimum atomic E-state index is -0.240. The molecule has 0 amide bonds. The van der Waals surface area contributed by atoms with Gasteiger partial charge in [-0.3, -0.25) is 9.59 Å². The largest absolute Gasteiger partial charge is 0.287 e. The predicted molar refractivity (Wildman–Crippen MR) is 111 cm³/mol. The lowest BCUT2D eigenvalue weighted by atomic mass is 9.98. The summed E-state index contributed by atoms with van der Waals surface area (Å²) in [5, 5.41) is -0.389. The van der Waals surface area contributed by atoms with Crippen molar-refractivity contribution in [3.63, 3.8) is 0 Å². The number of thiol groups is 2. The highest BCUT2D eigenvalue weighted by molar-refractivity contribution is 7.97. The third-order valence-corrected chi connectivity index (χ3v) is 5.22. The predicted octanol–water partition coefficient (Wildman–Crippen LogP) is 6.78. The van der Waals surface area contributed by atoms with Gasteiger partial charge >= 0.3 is 0 Å². The van der Waals surface area contributed by atoms with Crippen LogP contribution in [0.1, 0.15) is 110 Å². The Morgan fingerprint density at radius 3 is 1.38 bits per heavy atom. The fourth-order valence-corrected chi connectivity index (χ4v) is 3.55. The molecule has 0 aromatic carbocycles. The summed E-state index contributed by atoms with van der Waals surface area (Å²) in [7, 11) is 0. The van der Waals surface area contributed by atoms with Crippen LogP contribution in [0.5, 0.6) is 0 Å². The lowest BCUT2D eigenvalue weighted by Gasteiger charge is -2.10. The molecule has 142 valence electrons. The second-order valence-electron chi connectivity index (χ2n) is 7.02. The van der Waals surface area contributed by atoms with Gasteiger partial charge in [0.25, 0.3) is 0 Å². The zero-order chi connectivity index (χ0) is 18.0. The maximum absolute atomic E-state index is 11.3. The van der Waals surface area contributed by atoms with E-state index < -0.39 is 0 Å². The van der Waals surface area contributed by atoms with E-state index in [4.69, 9.17) is 0 Å². The van der Waals surface area contributed by atoms with E-state index in [1.807, 2.05) is 0 Å². The molecule has 0 aromatic heterocycles. The zero-order valence-electron chi connectivity index (χ0n) is 15.6. The molecule has 0 aliphatic carbocycles. The quantitative estimate of drug-likeness (QED) is 0.205. The number of hydrogen-bond donors (Lipinski definition) is 2. The highest BCUT2D eigenvalue weighted by Crippen LogP contribution is 2.19. The van der Waals surface area contributed by atoms with Crippen LogP contribution < -0.4 is 0 Å². The normalized spacial score (nSPS) is 12.3. The fourth-order valence-electron chi connectivity index (χ4n) is 3.11. The minimum absolute atomic E-state index is 0.174. The molecule has 0 spiro atoms. The van der Waals surface area contributed by atoms with Crippen molar-refractivity contribution in [2.75, 3.05) is 0 Å². The summed E-state index contributed by atoms with van der Waals surface area (Å²) < 4.78 is 0. The van der Waals surface area contributed by atoms with E-state index in [0.717, 1.165) is 19.3 Å². The number of unbranched alkanes of at least 4 members (excludes halogenated alkanes) is 13. The van der Waals surface area contributed by atoms with Gasteiger partial charge in [-0.15, -0.1) is 25.3 Å². The van der Waals surface area contributed by atoms with Crippen LogP contribution in [0.15, 0.2) is 0 Å². The molecule has 0 fully saturated rings. The number of carbonyl (C=O) groups excluding carboxylic acids is 2. The standard InChI is InChI=1S/C20H38O2S2/c1-2-3-4-5-6-7-8-9-10-11-12-13-14-15-16-18(20(22)24)17-19(21)23/h18H,2-17H2,1H3,(H,21,23)(H,22,24). The molecule has 0 rings (SSSR count). The van der Waals surface area contributed by atoms with Crippen molar-refractivity contribution in [2.24, 2.45) is 5.92 Å². The maximum atomic E-state index is 11.3. The molecule has 0 bridgehead atoms. The Balaban J connectivity index is 3.30. The third kappa shape index (κ3) is 16.9. The van der Waals surface area contributed by atoms with Crippen LogP contribution in [-0.4, -0.2) is 10.2 Å². The molecule has 0 aliphatic heterocycles. The van der Waals surface area contributed by atoms with Crippen LogP contribution in [0.25, 0.3) is 0 Å². The van der Waals surface area contributed by atoms with Gasteiger partial charge in [-0.05, 0) is 6.42 Å². The van der Waals surface area contributed by atoms with Crippen molar-refractivity contribution in [3.05, 3.63) is 0 Å². The first-order valence-electron chi connectivity index (χ1n) is 10.0. The van der Waals surface area contributed by atoms with Gasteiger partial charge in [0.05, 0.1) is 0 Å². The number of rotatable bonds is 18. The summed E-state index contributed by atoms with van der Waals surface area (Å²) >= 11 is 7.62. The first-order chi connectivity index (χ1) is 11.6. The van der Waals surface area contributed by atoms with Gasteiger partial charge < -0.3 is 0 Å². The Hall–Kier alpha value is 0.0400. The Kier molecular flexibility index (Phi) is 17.9. The highest BCUT2D eigenvalue weighted by atomic mass is 32.1. The van der Waals surface area contributed by atoms with Crippen LogP contribution in [0.4, 0.5) is 0 Å². The van der Waals surface area contributed by atoms with Crippen molar-refractivity contribution in [1.29, 1.82) is 0 Å². The zero-order valence-corrected chi connectivity index (χ0v) is 17.4. The topological polar surface area (TPSA) is 34.1 Å². The van der Waals surface area contributed by atoms with E-state index in [9.17, 15) is 9.59 Å². The molecule has 24 heavy (non-hydrogen) atoms. The Bertz CT molecular complexity index is 319. The summed E-state index contributed by atoms with van der Waals surface area (Å²) in [5.74, 6) is -0.240. The molecule has 1 unspecified atom stereocenters. The Labute approximate surface area is 160 Å². The molecule has 2 nitrogen and oxygen atoms in total. The van der Waals surface area contributed by atoms with Crippen LogP contribution in [0.3, 0.4) is 0 Å². The Morgan fingerprint density at radius 2 is 1.04 bits per heavy atom. The molecule has 0 saturated carbocycles. The van der Waals surface area contributed by atoms with Crippen molar-refractivity contribution < 1.29 is 9.59 Å². The molecule has 0 aliphatic rings. The average molecular weight is 375 g/mol. The monoisotopic (exact) mass is 374 g/mol. The summed E-state index contributed by atoms with van der Waals surface area (Å²) in [5.41, 5.74) is 0. The molecule has 0 saturated heterocycles. The van der Waals surface area contributed by atoms with Crippen molar-refractivity contribution in [3.8, 4) is 0 Å². The Morgan fingerprint density at radius 1 is 0.667 bits per heavy atom. The number of carbonyl (C=O) groups is 2. The van der Waals surface area contributed by atoms with E-state index >= 15 is 0 Å². The van der Waals surface area contributed by atoms with Gasteiger partial charge in [0.1, 0.15) is 0 Å². The first kappa shape index (κ1) is 24.0. The van der Waals surface area contributed by atoms with Gasteiger partial charge in [-0.25, -0.2) is 0 Å². The SMILES string of the molecule is CCCCCCCCCCCCCCCCC(CC(=O)S)C(=O)S. The molecular weight excluding hydrogens is 336 g/mol. The first-order valence-corrected chi connectivity index (χ1v) is 10.9. The van der Waals surface area contributed by atoms with Crippen molar-refractivity contribution in [2.45, 2.75) is 110 Å². The second kappa shape index (κ2) is 17.8. The van der Waals surface area contributed by atoms with E-state index in [0.29, 0.717) is 0 Å². The van der Waals surface area contributed by atoms with Crippen LogP contribution in [0, 0.1) is 5.92 Å². The molecule has 4 heteroatoms. The lowest BCUT2D eigenvalue weighted by molar-refractivity contribution is -0.119. The molecule has 0 aromatic rings. The van der Waals surface area contributed by atoms with E-state index in [1.165, 1.54) is 77.0 Å². The van der Waals surface area contributed by atoms with Crippen molar-refractivity contribution in [1.82, 2.24) is 0 Å². The van der Waals surface area contributed by atoms with Gasteiger partial charge in [-0.1, -0.05) is 96.8 Å². The van der Waals surface area contributed by atoms with Gasteiger partial charge in [0.15, 0.2) is 10.2 Å². The summed E-state index contributed by atoms with van der Waals surface area (Å²) in [6.45, 7) is 2.27. The number of hydrogen-bond acceptors (Lipinski definition) is 2. The van der Waals surface area contributed by atoms with Crippen LogP contribution in [-0.2, 0) is 9.59 Å². The minimum Gasteiger partial charge on any atom is -0.287 e. The van der Waals surface area contributed by atoms with Crippen LogP contribution in [0.2, 0.25) is 0 Å². The van der Waals surface area contributed by atoms with E-state index in [1.54, 1.807) is 0 Å². The summed E-state index contributed by atoms with van der Waals surface area (Å²) in [6, 6.07) is 0. The molecule has 0 N–H and O–H groups in total. The molecule has 0 heterocycles. The fraction of sp³-hybridized carbons (Fsp3) is 0.900. The average Bonchev–Trinajstić information content (AvgIpc) is 2.53. The molecule has 1 atom stereocenters. The molecular formula is C20H38O2S2. The van der Waals surface area contributed by atoms with Gasteiger partial charge in [0, 0.05) is 12.3 Å². The van der Waals surface area contributed by atoms with E-state index in [2.05, 4.69) is 32.2 Å². The maximum Gasteiger partial charge on any atom is 0.189 e. The summed E-state index contributed by atoms with van der Waals surface area (Å²) in [6.07, 6.45) is 19.5. The third-order valence-electron chi connectivity index (χ3n) is 4.68. The van der Waals surface area contributed by atoms with Crippen molar-refractivity contribution >= 4 is 35.5 Å². The van der Waals surface area contributed by atoms with Crippen LogP contribution >= 0.6 is 25.3 Å². The molecule has 0 radical (unpaired) electrons. The smallest absolute Gasteiger partial charge is 0.189 e. The van der Waals surface area contributed by atoms with Gasteiger partial charge in [-0.2, -0.15) is 0 Å².